The fourth-order valence-corrected chi connectivity index (χ4v) is 3.97. The van der Waals surface area contributed by atoms with E-state index in [4.69, 9.17) is 5.14 Å². The van der Waals surface area contributed by atoms with Crippen molar-refractivity contribution in [2.45, 2.75) is 42.2 Å². The molecule has 7 heteroatoms. The lowest BCUT2D eigenvalue weighted by Crippen LogP contribution is -2.32. The number of aryl methyl sites for hydroxylation is 2. The predicted octanol–water partition coefficient (Wildman–Crippen LogP) is 2.79. The maximum atomic E-state index is 12.3. The molecule has 0 aliphatic heterocycles. The summed E-state index contributed by atoms with van der Waals surface area (Å²) in [6.45, 7) is 6.48. The van der Waals surface area contributed by atoms with Crippen molar-refractivity contribution in [2.24, 2.45) is 5.14 Å². The first-order valence-electron chi connectivity index (χ1n) is 8.30. The number of carbonyl (C=O) groups excluding carboxylic acids is 1. The molecule has 0 aliphatic rings. The lowest BCUT2D eigenvalue weighted by Gasteiger charge is -2.14. The summed E-state index contributed by atoms with van der Waals surface area (Å²) in [5.41, 5.74) is 3.31. The molecule has 0 saturated carbocycles. The molecule has 2 rings (SSSR count). The van der Waals surface area contributed by atoms with E-state index in [1.807, 2.05) is 32.9 Å². The van der Waals surface area contributed by atoms with Crippen molar-refractivity contribution in [3.63, 3.8) is 0 Å². The molecule has 3 N–H and O–H groups in total. The number of primary sulfonamides is 1. The topological polar surface area (TPSA) is 89.3 Å². The van der Waals surface area contributed by atoms with Gasteiger partial charge in [0.1, 0.15) is 0 Å². The Hall–Kier alpha value is -1.83. The number of carbonyl (C=O) groups is 1. The Morgan fingerprint density at radius 2 is 1.81 bits per heavy atom. The Kier molecular flexibility index (Phi) is 6.86. The minimum absolute atomic E-state index is 0.0175. The van der Waals surface area contributed by atoms with Gasteiger partial charge < -0.3 is 5.32 Å². The molecule has 0 bridgehead atoms. The predicted molar refractivity (Wildman–Crippen MR) is 106 cm³/mol. The van der Waals surface area contributed by atoms with Gasteiger partial charge >= 0.3 is 0 Å². The van der Waals surface area contributed by atoms with Gasteiger partial charge in [0.2, 0.25) is 15.9 Å². The van der Waals surface area contributed by atoms with E-state index >= 15 is 0 Å². The van der Waals surface area contributed by atoms with Gasteiger partial charge in [-0.1, -0.05) is 29.8 Å². The van der Waals surface area contributed by atoms with Crippen LogP contribution in [0.4, 0.5) is 0 Å². The van der Waals surface area contributed by atoms with Gasteiger partial charge in [0, 0.05) is 11.4 Å². The maximum Gasteiger partial charge on any atom is 0.238 e. The van der Waals surface area contributed by atoms with Gasteiger partial charge in [-0.05, 0) is 56.5 Å². The molecule has 140 valence electrons. The molecule has 0 fully saturated rings. The van der Waals surface area contributed by atoms with E-state index in [-0.39, 0.29) is 16.1 Å². The SMILES string of the molecule is Cc1ccc(S[C@H](C)C(=O)NCCc2ccc(S(N)(=O)=O)cc2)c(C)c1. The molecule has 2 aromatic rings. The first kappa shape index (κ1) is 20.5. The van der Waals surface area contributed by atoms with Crippen molar-refractivity contribution in [1.82, 2.24) is 5.32 Å². The second-order valence-corrected chi connectivity index (χ2v) is 9.20. The minimum Gasteiger partial charge on any atom is -0.355 e. The summed E-state index contributed by atoms with van der Waals surface area (Å²) in [7, 11) is -3.67. The molecule has 0 saturated heterocycles. The highest BCUT2D eigenvalue weighted by Crippen LogP contribution is 2.27. The summed E-state index contributed by atoms with van der Waals surface area (Å²) in [5, 5.41) is 7.81. The van der Waals surface area contributed by atoms with Crippen LogP contribution in [-0.2, 0) is 21.2 Å². The van der Waals surface area contributed by atoms with E-state index in [9.17, 15) is 13.2 Å². The molecule has 0 spiro atoms. The van der Waals surface area contributed by atoms with Crippen LogP contribution in [0.5, 0.6) is 0 Å². The van der Waals surface area contributed by atoms with Crippen LogP contribution in [-0.4, -0.2) is 26.1 Å². The van der Waals surface area contributed by atoms with E-state index in [1.54, 1.807) is 23.9 Å². The van der Waals surface area contributed by atoms with E-state index in [0.717, 1.165) is 10.5 Å². The Morgan fingerprint density at radius 3 is 2.38 bits per heavy atom. The molecule has 0 aliphatic carbocycles. The second-order valence-electron chi connectivity index (χ2n) is 6.26. The molecular formula is C19H24N2O3S2. The Labute approximate surface area is 159 Å². The molecule has 0 aromatic heterocycles. The van der Waals surface area contributed by atoms with Crippen LogP contribution < -0.4 is 10.5 Å². The van der Waals surface area contributed by atoms with Gasteiger partial charge in [0.05, 0.1) is 10.1 Å². The molecule has 0 unspecified atom stereocenters. The van der Waals surface area contributed by atoms with Crippen molar-refractivity contribution in [3.05, 3.63) is 59.2 Å². The molecule has 26 heavy (non-hydrogen) atoms. The van der Waals surface area contributed by atoms with Crippen LogP contribution in [0, 0.1) is 13.8 Å². The Balaban J connectivity index is 1.84. The largest absolute Gasteiger partial charge is 0.355 e. The number of amides is 1. The monoisotopic (exact) mass is 392 g/mol. The van der Waals surface area contributed by atoms with Gasteiger partial charge in [-0.15, -0.1) is 11.8 Å². The normalized spacial score (nSPS) is 12.6. The van der Waals surface area contributed by atoms with Crippen LogP contribution in [0.25, 0.3) is 0 Å². The van der Waals surface area contributed by atoms with E-state index in [1.165, 1.54) is 23.3 Å². The van der Waals surface area contributed by atoms with Gasteiger partial charge in [0.15, 0.2) is 0 Å². The van der Waals surface area contributed by atoms with E-state index < -0.39 is 10.0 Å². The average Bonchev–Trinajstić information content (AvgIpc) is 2.57. The molecular weight excluding hydrogens is 368 g/mol. The first-order valence-corrected chi connectivity index (χ1v) is 10.7. The molecule has 2 aromatic carbocycles. The summed E-state index contributed by atoms with van der Waals surface area (Å²) in [5.74, 6) is -0.0175. The molecule has 5 nitrogen and oxygen atoms in total. The number of benzene rings is 2. The summed E-state index contributed by atoms with van der Waals surface area (Å²) < 4.78 is 22.5. The fraction of sp³-hybridized carbons (Fsp3) is 0.316. The quantitative estimate of drug-likeness (QED) is 0.709. The smallest absolute Gasteiger partial charge is 0.238 e. The van der Waals surface area contributed by atoms with Crippen LogP contribution in [0.2, 0.25) is 0 Å². The number of thioether (sulfide) groups is 1. The van der Waals surface area contributed by atoms with Crippen molar-refractivity contribution in [2.75, 3.05) is 6.54 Å². The molecule has 1 amide bonds. The van der Waals surface area contributed by atoms with E-state index in [0.29, 0.717) is 13.0 Å². The zero-order valence-electron chi connectivity index (χ0n) is 15.2. The van der Waals surface area contributed by atoms with Gasteiger partial charge in [-0.2, -0.15) is 0 Å². The summed E-state index contributed by atoms with van der Waals surface area (Å²) >= 11 is 1.55. The Bertz CT molecular complexity index is 878. The number of sulfonamides is 1. The van der Waals surface area contributed by atoms with Crippen LogP contribution in [0.1, 0.15) is 23.6 Å². The second kappa shape index (κ2) is 8.70. The van der Waals surface area contributed by atoms with E-state index in [2.05, 4.69) is 11.4 Å². The highest BCUT2D eigenvalue weighted by Gasteiger charge is 2.15. The number of rotatable bonds is 7. The van der Waals surface area contributed by atoms with Crippen molar-refractivity contribution >= 4 is 27.7 Å². The van der Waals surface area contributed by atoms with Crippen molar-refractivity contribution < 1.29 is 13.2 Å². The highest BCUT2D eigenvalue weighted by molar-refractivity contribution is 8.00. The van der Waals surface area contributed by atoms with Gasteiger partial charge in [-0.3, -0.25) is 4.79 Å². The Morgan fingerprint density at radius 1 is 1.15 bits per heavy atom. The molecule has 0 heterocycles. The maximum absolute atomic E-state index is 12.3. The third kappa shape index (κ3) is 5.86. The lowest BCUT2D eigenvalue weighted by atomic mass is 10.1. The summed E-state index contributed by atoms with van der Waals surface area (Å²) in [6, 6.07) is 12.6. The number of nitrogens with two attached hydrogens (primary N) is 1. The third-order valence-electron chi connectivity index (χ3n) is 3.97. The first-order chi connectivity index (χ1) is 12.2. The van der Waals surface area contributed by atoms with Crippen LogP contribution in [0.15, 0.2) is 52.3 Å². The van der Waals surface area contributed by atoms with Gasteiger partial charge in [0.25, 0.3) is 0 Å². The number of hydrogen-bond acceptors (Lipinski definition) is 4. The molecule has 0 radical (unpaired) electrons. The average molecular weight is 393 g/mol. The zero-order chi connectivity index (χ0) is 19.3. The highest BCUT2D eigenvalue weighted by atomic mass is 32.2. The summed E-state index contributed by atoms with van der Waals surface area (Å²) in [4.78, 5) is 13.5. The molecule has 1 atom stereocenters. The number of nitrogens with one attached hydrogen (secondary N) is 1. The zero-order valence-corrected chi connectivity index (χ0v) is 16.8. The van der Waals surface area contributed by atoms with Crippen molar-refractivity contribution in [1.29, 1.82) is 0 Å². The fourth-order valence-electron chi connectivity index (χ4n) is 2.50. The third-order valence-corrected chi connectivity index (χ3v) is 6.18. The number of hydrogen-bond donors (Lipinski definition) is 2. The lowest BCUT2D eigenvalue weighted by molar-refractivity contribution is -0.120. The minimum atomic E-state index is -3.67. The van der Waals surface area contributed by atoms with Gasteiger partial charge in [-0.25, -0.2) is 13.6 Å². The standard InChI is InChI=1S/C19H24N2O3S2/c1-13-4-9-18(14(2)12-13)25-15(3)19(22)21-11-10-16-5-7-17(8-6-16)26(20,23)24/h4-9,12,15H,10-11H2,1-3H3,(H,21,22)(H2,20,23,24)/t15-/m1/s1. The van der Waals surface area contributed by atoms with Crippen LogP contribution in [0.3, 0.4) is 0 Å². The van der Waals surface area contributed by atoms with Crippen LogP contribution >= 0.6 is 11.8 Å². The summed E-state index contributed by atoms with van der Waals surface area (Å²) in [6.07, 6.45) is 0.623. The van der Waals surface area contributed by atoms with Crippen molar-refractivity contribution in [3.8, 4) is 0 Å².